The first-order valence-corrected chi connectivity index (χ1v) is 16.5. The second-order valence-corrected chi connectivity index (χ2v) is 14.7. The molecule has 2 aromatic heterocycles. The van der Waals surface area contributed by atoms with E-state index in [0.29, 0.717) is 17.8 Å². The van der Waals surface area contributed by atoms with Crippen molar-refractivity contribution in [3.63, 3.8) is 0 Å². The number of hydrogen-bond donors (Lipinski definition) is 5. The van der Waals surface area contributed by atoms with E-state index in [0.717, 1.165) is 53.7 Å². The van der Waals surface area contributed by atoms with E-state index in [-0.39, 0.29) is 45.4 Å². The molecule has 9 nitrogen and oxygen atoms in total. The Morgan fingerprint density at radius 1 is 1.06 bits per heavy atom. The topological polar surface area (TPSA) is 153 Å². The van der Waals surface area contributed by atoms with Crippen molar-refractivity contribution in [2.45, 2.75) is 97.6 Å². The van der Waals surface area contributed by atoms with Crippen molar-refractivity contribution in [2.24, 2.45) is 22.2 Å². The van der Waals surface area contributed by atoms with Gasteiger partial charge < -0.3 is 27.5 Å². The van der Waals surface area contributed by atoms with Crippen LogP contribution in [0.15, 0.2) is 58.4 Å². The van der Waals surface area contributed by atoms with Crippen molar-refractivity contribution in [1.82, 2.24) is 19.9 Å². The zero-order valence-electron chi connectivity index (χ0n) is 29.0. The number of H-pyrrole nitrogens is 1. The van der Waals surface area contributed by atoms with Crippen molar-refractivity contribution < 1.29 is 4.39 Å². The fraction of sp³-hybridized carbons (Fsp3) is 0.472. The minimum absolute atomic E-state index is 0.0390. The minimum Gasteiger partial charge on any atom is -0.370 e. The molecule has 0 saturated carbocycles. The van der Waals surface area contributed by atoms with E-state index in [9.17, 15) is 9.18 Å². The van der Waals surface area contributed by atoms with E-state index < -0.39 is 0 Å². The number of aromatic nitrogens is 3. The third kappa shape index (κ3) is 10.9. The number of benzene rings is 2. The number of aliphatic imine (C=N–C) groups is 1. The van der Waals surface area contributed by atoms with Gasteiger partial charge in [0, 0.05) is 41.3 Å². The Bertz CT molecular complexity index is 1710. The Labute approximate surface area is 283 Å². The average molecular weight is 667 g/mol. The van der Waals surface area contributed by atoms with E-state index >= 15 is 0 Å². The molecule has 4 rings (SSSR count). The van der Waals surface area contributed by atoms with Gasteiger partial charge in [-0.1, -0.05) is 71.3 Å². The summed E-state index contributed by atoms with van der Waals surface area (Å²) in [5.41, 5.74) is 21.1. The summed E-state index contributed by atoms with van der Waals surface area (Å²) in [5.74, 6) is -0.181. The first-order chi connectivity index (χ1) is 21.9. The third-order valence-corrected chi connectivity index (χ3v) is 8.13. The summed E-state index contributed by atoms with van der Waals surface area (Å²) >= 11 is 5.93. The van der Waals surface area contributed by atoms with Crippen molar-refractivity contribution in [3.8, 4) is 5.69 Å². The number of fused-ring (bicyclic) bond motifs is 1. The lowest BCUT2D eigenvalue weighted by Crippen LogP contribution is -2.24. The summed E-state index contributed by atoms with van der Waals surface area (Å²) in [6.45, 7) is 17.8. The van der Waals surface area contributed by atoms with E-state index in [4.69, 9.17) is 28.8 Å². The fourth-order valence-corrected chi connectivity index (χ4v) is 5.20. The van der Waals surface area contributed by atoms with Gasteiger partial charge in [-0.15, -0.1) is 0 Å². The number of aromatic amines is 1. The molecule has 2 atom stereocenters. The molecule has 0 saturated heterocycles. The van der Waals surface area contributed by atoms with Crippen LogP contribution in [0.4, 0.5) is 4.39 Å². The van der Waals surface area contributed by atoms with Crippen LogP contribution in [0.25, 0.3) is 16.7 Å². The molecule has 2 aromatic carbocycles. The van der Waals surface area contributed by atoms with Gasteiger partial charge in [-0.05, 0) is 86.0 Å². The summed E-state index contributed by atoms with van der Waals surface area (Å²) in [6, 6.07) is 13.9. The molecule has 0 bridgehead atoms. The number of nitrogens with two attached hydrogens (primary N) is 3. The van der Waals surface area contributed by atoms with Gasteiger partial charge in [0.1, 0.15) is 11.5 Å². The fourth-order valence-electron chi connectivity index (χ4n) is 4.96. The van der Waals surface area contributed by atoms with Crippen LogP contribution in [0.1, 0.15) is 96.7 Å². The Morgan fingerprint density at radius 3 is 2.30 bits per heavy atom. The van der Waals surface area contributed by atoms with Crippen molar-refractivity contribution in [3.05, 3.63) is 92.4 Å². The molecule has 0 aliphatic heterocycles. The summed E-state index contributed by atoms with van der Waals surface area (Å²) in [4.78, 5) is 24.0. The molecule has 4 aromatic rings. The molecule has 11 heteroatoms. The summed E-state index contributed by atoms with van der Waals surface area (Å²) in [6.07, 6.45) is 4.41. The molecule has 8 N–H and O–H groups in total. The van der Waals surface area contributed by atoms with Gasteiger partial charge in [0.05, 0.1) is 10.7 Å². The van der Waals surface area contributed by atoms with Crippen LogP contribution >= 0.6 is 11.6 Å². The maximum Gasteiger partial charge on any atom is 0.354 e. The molecule has 2 heterocycles. The van der Waals surface area contributed by atoms with Gasteiger partial charge in [0.25, 0.3) is 0 Å². The minimum atomic E-state index is -0.302. The van der Waals surface area contributed by atoms with Crippen LogP contribution in [0.5, 0.6) is 0 Å². The number of aryl methyl sites for hydroxylation is 1. The zero-order chi connectivity index (χ0) is 35.1. The van der Waals surface area contributed by atoms with E-state index in [1.165, 1.54) is 0 Å². The van der Waals surface area contributed by atoms with Gasteiger partial charge >= 0.3 is 5.69 Å². The van der Waals surface area contributed by atoms with Crippen LogP contribution < -0.4 is 28.2 Å². The van der Waals surface area contributed by atoms with Crippen molar-refractivity contribution in [1.29, 1.82) is 0 Å². The molecule has 0 fully saturated rings. The van der Waals surface area contributed by atoms with Crippen molar-refractivity contribution >= 4 is 28.6 Å². The number of guanidine groups is 1. The lowest BCUT2D eigenvalue weighted by Gasteiger charge is -2.21. The van der Waals surface area contributed by atoms with Gasteiger partial charge in [0.2, 0.25) is 0 Å². The maximum absolute atomic E-state index is 13.9. The molecule has 0 radical (unpaired) electrons. The number of rotatable bonds is 10. The Kier molecular flexibility index (Phi) is 12.8. The molecule has 47 heavy (non-hydrogen) atoms. The third-order valence-electron chi connectivity index (χ3n) is 7.85. The van der Waals surface area contributed by atoms with E-state index in [1.807, 2.05) is 64.2 Å². The maximum atomic E-state index is 13.9. The summed E-state index contributed by atoms with van der Waals surface area (Å²) in [5, 5.41) is 4.57. The largest absolute Gasteiger partial charge is 0.370 e. The average Bonchev–Trinajstić information content (AvgIpc) is 3.40. The molecular formula is C36H52ClFN8O. The Hall–Kier alpha value is -3.73. The van der Waals surface area contributed by atoms with Gasteiger partial charge in [-0.3, -0.25) is 9.56 Å². The second kappa shape index (κ2) is 15.9. The highest BCUT2D eigenvalue weighted by molar-refractivity contribution is 6.30. The SMILES string of the molecule is C[C@@H](N)CCc1cc(Cl)c(F)c(C(C)(C)C)c1.C[C@H](NCCCN=C(N)N)c1ccc(-n2cc3cc(C(C)(C)C)[nH]c3nc2=O)cc1. The molecule has 0 aliphatic rings. The van der Waals surface area contributed by atoms with Crippen molar-refractivity contribution in [2.75, 3.05) is 13.1 Å². The number of hydrogen-bond acceptors (Lipinski definition) is 5. The number of halogens is 2. The molecule has 0 spiro atoms. The summed E-state index contributed by atoms with van der Waals surface area (Å²) in [7, 11) is 0. The molecule has 0 amide bonds. The lowest BCUT2D eigenvalue weighted by atomic mass is 9.85. The van der Waals surface area contributed by atoms with Crippen LogP contribution in [-0.4, -0.2) is 39.6 Å². The monoisotopic (exact) mass is 666 g/mol. The van der Waals surface area contributed by atoms with Crippen LogP contribution in [0.2, 0.25) is 5.02 Å². The molecular weight excluding hydrogens is 615 g/mol. The first kappa shape index (κ1) is 37.7. The van der Waals surface area contributed by atoms with Gasteiger partial charge in [0.15, 0.2) is 5.96 Å². The molecule has 256 valence electrons. The lowest BCUT2D eigenvalue weighted by molar-refractivity contribution is 0.521. The predicted molar refractivity (Wildman–Crippen MR) is 194 cm³/mol. The standard InChI is InChI=1S/C22H31N7O.C14H21ClFN/c1-14(25-10-5-11-26-20(23)24)15-6-8-17(9-7-15)29-13-16-12-18(22(2,3)4)27-19(16)28-21(29)30;1-9(17)5-6-10-7-11(14(2,3)4)13(16)12(15)8-10/h6-9,12-14,25H,5,10-11H2,1-4H3,(H4,23,24,26)(H,27,28,30);7-9H,5-6,17H2,1-4H3/t14-;9-/m01/s1. The highest BCUT2D eigenvalue weighted by Crippen LogP contribution is 2.31. The highest BCUT2D eigenvalue weighted by atomic mass is 35.5. The van der Waals surface area contributed by atoms with Gasteiger partial charge in [-0.25, -0.2) is 9.18 Å². The number of nitrogens with one attached hydrogen (secondary N) is 2. The number of nitrogens with zero attached hydrogens (tertiary/aromatic N) is 3. The van der Waals surface area contributed by atoms with Crippen LogP contribution in [-0.2, 0) is 17.3 Å². The zero-order valence-corrected chi connectivity index (χ0v) is 29.8. The summed E-state index contributed by atoms with van der Waals surface area (Å²) < 4.78 is 15.5. The molecule has 0 aliphatic carbocycles. The Balaban J connectivity index is 0.000000300. The van der Waals surface area contributed by atoms with Crippen LogP contribution in [0.3, 0.4) is 0 Å². The smallest absolute Gasteiger partial charge is 0.354 e. The van der Waals surface area contributed by atoms with Crippen LogP contribution in [0, 0.1) is 5.82 Å². The normalized spacial score (nSPS) is 13.2. The van der Waals surface area contributed by atoms with E-state index in [2.05, 4.69) is 54.0 Å². The first-order valence-electron chi connectivity index (χ1n) is 16.1. The molecule has 0 unspecified atom stereocenters. The Morgan fingerprint density at radius 2 is 1.72 bits per heavy atom. The predicted octanol–water partition coefficient (Wildman–Crippen LogP) is 6.38. The highest BCUT2D eigenvalue weighted by Gasteiger charge is 2.21. The second-order valence-electron chi connectivity index (χ2n) is 14.3. The van der Waals surface area contributed by atoms with Gasteiger partial charge in [-0.2, -0.15) is 4.98 Å². The quantitative estimate of drug-likeness (QED) is 0.0752. The van der Waals surface area contributed by atoms with E-state index in [1.54, 1.807) is 10.6 Å².